The summed E-state index contributed by atoms with van der Waals surface area (Å²) in [5, 5.41) is 0.598. The predicted octanol–water partition coefficient (Wildman–Crippen LogP) is 6.70. The van der Waals surface area contributed by atoms with Gasteiger partial charge in [-0.05, 0) is 60.1 Å². The van der Waals surface area contributed by atoms with Gasteiger partial charge >= 0.3 is 5.97 Å². The van der Waals surface area contributed by atoms with Crippen molar-refractivity contribution in [2.24, 2.45) is 5.41 Å². The molecule has 1 unspecified atom stereocenters. The number of ether oxygens (including phenoxy) is 3. The number of fused-ring (bicyclic) bond motifs is 1. The molecule has 0 fully saturated rings. The van der Waals surface area contributed by atoms with Crippen molar-refractivity contribution in [3.8, 4) is 17.2 Å². The summed E-state index contributed by atoms with van der Waals surface area (Å²) in [4.78, 5) is 23.2. The lowest BCUT2D eigenvalue weighted by atomic mass is 9.89. The van der Waals surface area contributed by atoms with Crippen molar-refractivity contribution in [1.82, 2.24) is 0 Å². The second-order valence-electron chi connectivity index (χ2n) is 6.73. The fourth-order valence-electron chi connectivity index (χ4n) is 2.03. The van der Waals surface area contributed by atoms with E-state index in [1.165, 1.54) is 13.0 Å². The van der Waals surface area contributed by atoms with E-state index in [4.69, 9.17) is 49.0 Å². The Labute approximate surface area is 192 Å². The van der Waals surface area contributed by atoms with Gasteiger partial charge in [0.1, 0.15) is 12.4 Å². The fourth-order valence-corrected chi connectivity index (χ4v) is 3.47. The normalized spacial score (nSPS) is 12.5. The summed E-state index contributed by atoms with van der Waals surface area (Å²) in [7, 11) is 0. The number of carbonyl (C=O) groups excluding carboxylic acids is 2. The minimum absolute atomic E-state index is 0.0268. The first-order chi connectivity index (χ1) is 13.5. The second-order valence-corrected chi connectivity index (χ2v) is 8.84. The average molecular weight is 525 g/mol. The van der Waals surface area contributed by atoms with Gasteiger partial charge < -0.3 is 14.2 Å². The third-order valence-corrected chi connectivity index (χ3v) is 5.09. The van der Waals surface area contributed by atoms with Crippen LogP contribution < -0.4 is 9.47 Å². The lowest BCUT2D eigenvalue weighted by Crippen LogP contribution is -2.38. The minimum Gasteiger partial charge on any atom is -0.470 e. The number of hydrogen-bond donors (Lipinski definition) is 0. The van der Waals surface area contributed by atoms with Crippen LogP contribution in [0.5, 0.6) is 17.2 Å². The molecule has 0 saturated heterocycles. The number of halogens is 4. The van der Waals surface area contributed by atoms with E-state index >= 15 is 0 Å². The van der Waals surface area contributed by atoms with Gasteiger partial charge in [-0.25, -0.2) is 0 Å². The van der Waals surface area contributed by atoms with E-state index in [9.17, 15) is 9.59 Å². The van der Waals surface area contributed by atoms with Gasteiger partial charge in [0, 0.05) is 23.0 Å². The van der Waals surface area contributed by atoms with Crippen molar-refractivity contribution in [2.75, 3.05) is 6.61 Å². The number of carbonyl (C=O) groups is 2. The summed E-state index contributed by atoms with van der Waals surface area (Å²) >= 11 is 20.5. The fraction of sp³-hybridized carbons (Fsp3) is 0.300. The summed E-state index contributed by atoms with van der Waals surface area (Å²) in [5.74, 6) is 1.49. The van der Waals surface area contributed by atoms with E-state index < -0.39 is 16.4 Å². The first kappa shape index (κ1) is 23.8. The highest BCUT2D eigenvalue weighted by atomic mass is 79.9. The van der Waals surface area contributed by atoms with Crippen LogP contribution in [0.4, 0.5) is 0 Å². The number of Topliss-reactive ketones (excluding diaryl/α,β-unsaturated/α-hetero) is 1. The standard InChI is InChI=1S/C14H15BrCl2O4.C6H3ClO/c1-8(18)20-7-14(2,3)12(19)13(15)21-11-5-4-9(16)6-10(11)17;7-4-1-2-5-6(3-4)8-5/h4-6,13H,7H2,1-3H3;1-3H. The Kier molecular flexibility index (Phi) is 8.23. The molecule has 0 saturated carbocycles. The van der Waals surface area contributed by atoms with Gasteiger partial charge in [-0.3, -0.25) is 9.59 Å². The van der Waals surface area contributed by atoms with Gasteiger partial charge in [0.2, 0.25) is 5.01 Å². The molecule has 0 aromatic heterocycles. The molecule has 29 heavy (non-hydrogen) atoms. The van der Waals surface area contributed by atoms with Crippen molar-refractivity contribution in [3.05, 3.63) is 51.5 Å². The molecule has 1 atom stereocenters. The van der Waals surface area contributed by atoms with Gasteiger partial charge in [0.15, 0.2) is 17.3 Å². The highest BCUT2D eigenvalue weighted by Crippen LogP contribution is 2.46. The quantitative estimate of drug-likeness (QED) is 0.204. The monoisotopic (exact) mass is 522 g/mol. The van der Waals surface area contributed by atoms with Crippen LogP contribution in [0.2, 0.25) is 15.1 Å². The molecule has 2 aromatic rings. The highest BCUT2D eigenvalue weighted by Gasteiger charge is 2.35. The third-order valence-electron chi connectivity index (χ3n) is 3.72. The molecule has 1 aliphatic heterocycles. The number of esters is 1. The number of hydrogen-bond acceptors (Lipinski definition) is 5. The molecule has 156 valence electrons. The first-order valence-electron chi connectivity index (χ1n) is 8.40. The van der Waals surface area contributed by atoms with Crippen molar-refractivity contribution < 1.29 is 23.8 Å². The number of rotatable bonds is 6. The SMILES string of the molecule is CC(=O)OCC(C)(C)C(=O)C(Br)Oc1ccc(Cl)cc1Cl.Clc1ccc2c(c1)O2. The Morgan fingerprint density at radius 1 is 1.07 bits per heavy atom. The van der Waals surface area contributed by atoms with E-state index in [0.717, 1.165) is 16.5 Å². The zero-order valence-corrected chi connectivity index (χ0v) is 19.7. The lowest BCUT2D eigenvalue weighted by Gasteiger charge is -2.25. The maximum atomic E-state index is 12.3. The Bertz CT molecular complexity index is 916. The van der Waals surface area contributed by atoms with Crippen LogP contribution in [-0.4, -0.2) is 23.4 Å². The van der Waals surface area contributed by atoms with Crippen molar-refractivity contribution in [1.29, 1.82) is 0 Å². The minimum atomic E-state index is -0.915. The van der Waals surface area contributed by atoms with E-state index in [0.29, 0.717) is 15.8 Å². The number of alkyl halides is 1. The number of benzene rings is 2. The van der Waals surface area contributed by atoms with Crippen LogP contribution in [0.25, 0.3) is 0 Å². The zero-order chi connectivity index (χ0) is 21.8. The molecule has 0 amide bonds. The third kappa shape index (κ3) is 7.37. The van der Waals surface area contributed by atoms with Gasteiger partial charge in [-0.2, -0.15) is 0 Å². The first-order valence-corrected chi connectivity index (χ1v) is 10.5. The molecular formula is C20H18BrCl3O5. The summed E-state index contributed by atoms with van der Waals surface area (Å²) < 4.78 is 15.3. The van der Waals surface area contributed by atoms with Crippen molar-refractivity contribution in [3.63, 3.8) is 0 Å². The second kappa shape index (κ2) is 10.0. The van der Waals surface area contributed by atoms with E-state index in [2.05, 4.69) is 15.9 Å². The maximum Gasteiger partial charge on any atom is 0.302 e. The highest BCUT2D eigenvalue weighted by molar-refractivity contribution is 9.09. The van der Waals surface area contributed by atoms with Gasteiger partial charge in [0.05, 0.1) is 10.4 Å². The molecule has 0 radical (unpaired) electrons. The van der Waals surface area contributed by atoms with Crippen LogP contribution in [0, 0.1) is 5.41 Å². The maximum absolute atomic E-state index is 12.3. The van der Waals surface area contributed by atoms with Crippen molar-refractivity contribution in [2.45, 2.75) is 25.8 Å². The van der Waals surface area contributed by atoms with Crippen LogP contribution >= 0.6 is 50.7 Å². The topological polar surface area (TPSA) is 65.1 Å². The molecule has 2 aromatic carbocycles. The molecule has 3 rings (SSSR count). The average Bonchev–Trinajstić information content (AvgIpc) is 3.40. The van der Waals surface area contributed by atoms with E-state index in [-0.39, 0.29) is 12.4 Å². The molecule has 1 heterocycles. The molecule has 0 aliphatic carbocycles. The summed E-state index contributed by atoms with van der Waals surface area (Å²) in [5.41, 5.74) is -0.890. The van der Waals surface area contributed by atoms with Crippen molar-refractivity contribution >= 4 is 62.5 Å². The molecule has 0 N–H and O–H groups in total. The van der Waals surface area contributed by atoms with Crippen LogP contribution in [-0.2, 0) is 14.3 Å². The summed E-state index contributed by atoms with van der Waals surface area (Å²) in [6, 6.07) is 10.2. The molecule has 9 heteroatoms. The Balaban J connectivity index is 0.000000305. The van der Waals surface area contributed by atoms with Gasteiger partial charge in [-0.1, -0.05) is 34.8 Å². The summed E-state index contributed by atoms with van der Waals surface area (Å²) in [6.45, 7) is 4.59. The lowest BCUT2D eigenvalue weighted by molar-refractivity contribution is -0.147. The Morgan fingerprint density at radius 2 is 1.69 bits per heavy atom. The summed E-state index contributed by atoms with van der Waals surface area (Å²) in [6.07, 6.45) is 0. The molecule has 1 aliphatic rings. The Morgan fingerprint density at radius 3 is 2.24 bits per heavy atom. The van der Waals surface area contributed by atoms with Crippen LogP contribution in [0.1, 0.15) is 20.8 Å². The largest absolute Gasteiger partial charge is 0.470 e. The Hall–Kier alpha value is -1.47. The predicted molar refractivity (Wildman–Crippen MR) is 117 cm³/mol. The van der Waals surface area contributed by atoms with Gasteiger partial charge in [0.25, 0.3) is 0 Å². The number of ketones is 1. The zero-order valence-electron chi connectivity index (χ0n) is 15.8. The van der Waals surface area contributed by atoms with E-state index in [1.807, 2.05) is 12.1 Å². The van der Waals surface area contributed by atoms with Crippen LogP contribution in [0.3, 0.4) is 0 Å². The molecule has 0 spiro atoms. The molecular weight excluding hydrogens is 506 g/mol. The van der Waals surface area contributed by atoms with E-state index in [1.54, 1.807) is 32.0 Å². The smallest absolute Gasteiger partial charge is 0.302 e. The molecule has 5 nitrogen and oxygen atoms in total. The molecule has 0 bridgehead atoms. The van der Waals surface area contributed by atoms with Crippen LogP contribution in [0.15, 0.2) is 36.4 Å². The van der Waals surface area contributed by atoms with Gasteiger partial charge in [-0.15, -0.1) is 0 Å².